The summed E-state index contributed by atoms with van der Waals surface area (Å²) < 4.78 is 24.6. The van der Waals surface area contributed by atoms with Crippen molar-refractivity contribution in [2.45, 2.75) is 150 Å². The van der Waals surface area contributed by atoms with Crippen LogP contribution in [0.2, 0.25) is 36.3 Å². The summed E-state index contributed by atoms with van der Waals surface area (Å²) in [5, 5.41) is 11.0. The molecule has 0 saturated heterocycles. The van der Waals surface area contributed by atoms with Gasteiger partial charge in [0.05, 0.1) is 12.0 Å². The van der Waals surface area contributed by atoms with Crippen LogP contribution >= 0.6 is 0 Å². The van der Waals surface area contributed by atoms with Gasteiger partial charge in [-0.25, -0.2) is 0 Å². The minimum Gasteiger partial charge on any atom is -0.459 e. The van der Waals surface area contributed by atoms with Crippen LogP contribution in [0.1, 0.15) is 89.5 Å². The van der Waals surface area contributed by atoms with E-state index < -0.39 is 58.4 Å². The maximum atomic E-state index is 13.6. The molecule has 0 spiro atoms. The Morgan fingerprint density at radius 3 is 1.75 bits per heavy atom. The fourth-order valence-electron chi connectivity index (χ4n) is 4.13. The molecule has 40 heavy (non-hydrogen) atoms. The number of hydrogen-bond donors (Lipinski definition) is 1. The molecule has 0 aromatic heterocycles. The molecule has 0 aromatic rings. The molecule has 0 unspecified atom stereocenters. The topological polar surface area (TPSA) is 91.3 Å². The Bertz CT molecular complexity index is 840. The van der Waals surface area contributed by atoms with Crippen molar-refractivity contribution >= 4 is 28.6 Å². The fraction of sp³-hybridized carbons (Fsp3) is 0.871. The van der Waals surface area contributed by atoms with Crippen LogP contribution in [0.4, 0.5) is 0 Å². The van der Waals surface area contributed by atoms with Gasteiger partial charge < -0.3 is 23.4 Å². The van der Waals surface area contributed by atoms with E-state index in [0.717, 1.165) is 6.42 Å². The average Bonchev–Trinajstić information content (AvgIpc) is 2.76. The highest BCUT2D eigenvalue weighted by atomic mass is 28.4. The first kappa shape index (κ1) is 39.0. The largest absolute Gasteiger partial charge is 0.459 e. The third-order valence-corrected chi connectivity index (χ3v) is 18.0. The van der Waals surface area contributed by atoms with E-state index in [0.29, 0.717) is 6.61 Å². The Kier molecular flexibility index (Phi) is 14.1. The molecule has 0 aliphatic rings. The first-order valence-corrected chi connectivity index (χ1v) is 20.6. The van der Waals surface area contributed by atoms with Crippen LogP contribution in [0.15, 0.2) is 12.7 Å². The molecule has 7 atom stereocenters. The molecule has 7 nitrogen and oxygen atoms in total. The Morgan fingerprint density at radius 2 is 1.35 bits per heavy atom. The summed E-state index contributed by atoms with van der Waals surface area (Å²) in [7, 11) is -4.14. The van der Waals surface area contributed by atoms with E-state index in [4.69, 9.17) is 18.3 Å². The van der Waals surface area contributed by atoms with Crippen LogP contribution in [0, 0.1) is 17.8 Å². The molecule has 9 heteroatoms. The zero-order chi connectivity index (χ0) is 32.1. The van der Waals surface area contributed by atoms with Crippen LogP contribution in [-0.4, -0.2) is 64.2 Å². The molecular formula is C31H62O7Si2. The molecule has 0 amide bonds. The first-order valence-electron chi connectivity index (χ1n) is 14.8. The predicted octanol–water partition coefficient (Wildman–Crippen LogP) is 7.50. The molecule has 0 bridgehead atoms. The van der Waals surface area contributed by atoms with Gasteiger partial charge in [0.25, 0.3) is 0 Å². The Hall–Kier alpha value is -1.01. The molecule has 0 fully saturated rings. The zero-order valence-electron chi connectivity index (χ0n) is 28.6. The van der Waals surface area contributed by atoms with Crippen LogP contribution in [0.3, 0.4) is 0 Å². The lowest BCUT2D eigenvalue weighted by molar-refractivity contribution is -0.186. The molecule has 0 rings (SSSR count). The van der Waals surface area contributed by atoms with E-state index >= 15 is 0 Å². The van der Waals surface area contributed by atoms with Crippen LogP contribution in [0.5, 0.6) is 0 Å². The van der Waals surface area contributed by atoms with Gasteiger partial charge in [0.2, 0.25) is 0 Å². The van der Waals surface area contributed by atoms with Crippen molar-refractivity contribution in [3.8, 4) is 0 Å². The van der Waals surface area contributed by atoms with Gasteiger partial charge >= 0.3 is 11.9 Å². The van der Waals surface area contributed by atoms with E-state index in [-0.39, 0.29) is 21.9 Å². The summed E-state index contributed by atoms with van der Waals surface area (Å²) in [6.45, 7) is 37.0. The van der Waals surface area contributed by atoms with Gasteiger partial charge in [-0.05, 0) is 75.3 Å². The molecule has 0 radical (unpaired) electrons. The summed E-state index contributed by atoms with van der Waals surface area (Å²) in [6.07, 6.45) is -0.271. The summed E-state index contributed by atoms with van der Waals surface area (Å²) in [5.41, 5.74) is -1.60. The number of carbonyl (C=O) groups is 2. The zero-order valence-corrected chi connectivity index (χ0v) is 30.6. The average molecular weight is 603 g/mol. The lowest BCUT2D eigenvalue weighted by Crippen LogP contribution is -2.52. The van der Waals surface area contributed by atoms with Gasteiger partial charge in [0.15, 0.2) is 22.7 Å². The van der Waals surface area contributed by atoms with E-state index in [1.165, 1.54) is 19.9 Å². The van der Waals surface area contributed by atoms with Crippen molar-refractivity contribution in [3.05, 3.63) is 12.7 Å². The first-order chi connectivity index (χ1) is 17.7. The van der Waals surface area contributed by atoms with Crippen molar-refractivity contribution in [3.63, 3.8) is 0 Å². The lowest BCUT2D eigenvalue weighted by Gasteiger charge is -2.43. The standard InChI is InChI=1S/C31H62O7Si2/c1-18-31(13,34)27(24(5)36-25(6)32)37-28(33)23(4)26(38-40(16,17)30(10,11)12)22(3)19-21(2)20-35-39(14,15)29(7,8)9/h18,21-24,26-27,34H,1,19-20H2,2-17H3/t21-,22+,23-,24-,26+,27-,31+/m1/s1. The lowest BCUT2D eigenvalue weighted by atomic mass is 9.87. The van der Waals surface area contributed by atoms with Crippen LogP contribution < -0.4 is 0 Å². The molecule has 0 aliphatic carbocycles. The van der Waals surface area contributed by atoms with E-state index in [2.05, 4.69) is 88.2 Å². The molecule has 0 aromatic carbocycles. The van der Waals surface area contributed by atoms with Gasteiger partial charge in [0, 0.05) is 13.5 Å². The number of rotatable bonds is 15. The summed E-state index contributed by atoms with van der Waals surface area (Å²) in [5.74, 6) is -1.34. The molecule has 1 N–H and O–H groups in total. The predicted molar refractivity (Wildman–Crippen MR) is 169 cm³/mol. The third-order valence-electron chi connectivity index (χ3n) is 8.98. The molecule has 0 saturated carbocycles. The van der Waals surface area contributed by atoms with Gasteiger partial charge in [-0.15, -0.1) is 6.58 Å². The highest BCUT2D eigenvalue weighted by Crippen LogP contribution is 2.41. The highest BCUT2D eigenvalue weighted by molar-refractivity contribution is 6.74. The van der Waals surface area contributed by atoms with Crippen molar-refractivity contribution in [1.82, 2.24) is 0 Å². The van der Waals surface area contributed by atoms with Crippen LogP contribution in [-0.2, 0) is 27.9 Å². The van der Waals surface area contributed by atoms with Crippen molar-refractivity contribution in [2.75, 3.05) is 6.61 Å². The minimum absolute atomic E-state index is 0.0407. The highest BCUT2D eigenvalue weighted by Gasteiger charge is 2.45. The number of carbonyl (C=O) groups excluding carboxylic acids is 2. The Morgan fingerprint density at radius 1 is 0.875 bits per heavy atom. The second-order valence-corrected chi connectivity index (χ2v) is 24.7. The third kappa shape index (κ3) is 11.3. The number of esters is 2. The van der Waals surface area contributed by atoms with E-state index in [9.17, 15) is 14.7 Å². The fourth-order valence-corrected chi connectivity index (χ4v) is 6.73. The van der Waals surface area contributed by atoms with E-state index in [1.54, 1.807) is 6.92 Å². The van der Waals surface area contributed by atoms with Gasteiger partial charge in [0.1, 0.15) is 11.7 Å². The Labute approximate surface area is 248 Å². The SMILES string of the molecule is C=C[C@](C)(O)[C@H](OC(=O)[C@H](C)[C@@H](O[Si](C)(C)C(C)(C)C)[C@@H](C)C[C@@H](C)CO[Si](C)(C)C(C)(C)C)[C@@H](C)OC(C)=O. The maximum Gasteiger partial charge on any atom is 0.311 e. The number of aliphatic hydroxyl groups is 1. The Balaban J connectivity index is 6.08. The van der Waals surface area contributed by atoms with Gasteiger partial charge in [-0.2, -0.15) is 0 Å². The van der Waals surface area contributed by atoms with Crippen LogP contribution in [0.25, 0.3) is 0 Å². The second kappa shape index (κ2) is 14.4. The maximum absolute atomic E-state index is 13.6. The molecule has 0 aliphatic heterocycles. The van der Waals surface area contributed by atoms with Crippen molar-refractivity contribution in [2.24, 2.45) is 17.8 Å². The van der Waals surface area contributed by atoms with Crippen molar-refractivity contribution in [1.29, 1.82) is 0 Å². The smallest absolute Gasteiger partial charge is 0.311 e. The monoisotopic (exact) mass is 602 g/mol. The minimum atomic E-state index is -2.26. The van der Waals surface area contributed by atoms with Gasteiger partial charge in [-0.3, -0.25) is 9.59 Å². The van der Waals surface area contributed by atoms with Crippen molar-refractivity contribution < 1.29 is 33.0 Å². The summed E-state index contributed by atoms with van der Waals surface area (Å²) in [6, 6.07) is 0. The summed E-state index contributed by atoms with van der Waals surface area (Å²) in [4.78, 5) is 25.3. The molecular weight excluding hydrogens is 541 g/mol. The van der Waals surface area contributed by atoms with E-state index in [1.807, 2.05) is 6.92 Å². The normalized spacial score (nSPS) is 19.4. The second-order valence-electron chi connectivity index (χ2n) is 15.1. The number of ether oxygens (including phenoxy) is 2. The number of hydrogen-bond acceptors (Lipinski definition) is 7. The molecule has 236 valence electrons. The quantitative estimate of drug-likeness (QED) is 0.118. The van der Waals surface area contributed by atoms with Gasteiger partial charge in [-0.1, -0.05) is 61.5 Å². The summed E-state index contributed by atoms with van der Waals surface area (Å²) >= 11 is 0. The molecule has 0 heterocycles.